The second-order valence-electron chi connectivity index (χ2n) is 5.66. The van der Waals surface area contributed by atoms with Gasteiger partial charge >= 0.3 is 6.03 Å². The number of carbonyl (C=O) groups excluding carboxylic acids is 1. The smallest absolute Gasteiger partial charge is 0.319 e. The highest BCUT2D eigenvalue weighted by Crippen LogP contribution is 2.10. The van der Waals surface area contributed by atoms with Crippen LogP contribution in [0.3, 0.4) is 0 Å². The molecule has 7 heteroatoms. The van der Waals surface area contributed by atoms with Crippen LogP contribution in [0.5, 0.6) is 0 Å². The molecule has 0 unspecified atom stereocenters. The first-order valence-electron chi connectivity index (χ1n) is 8.12. The molecule has 1 atom stereocenters. The first kappa shape index (κ1) is 17.2. The summed E-state index contributed by atoms with van der Waals surface area (Å²) in [5, 5.41) is 9.69. The molecule has 130 valence electrons. The summed E-state index contributed by atoms with van der Waals surface area (Å²) in [6, 6.07) is 12.6. The van der Waals surface area contributed by atoms with Gasteiger partial charge < -0.3 is 10.6 Å². The Morgan fingerprint density at radius 2 is 2.15 bits per heavy atom. The molecule has 2 amide bonds. The Labute approximate surface area is 151 Å². The van der Waals surface area contributed by atoms with Crippen LogP contribution in [-0.2, 0) is 6.54 Å². The van der Waals surface area contributed by atoms with Crippen molar-refractivity contribution in [3.63, 3.8) is 0 Å². The van der Waals surface area contributed by atoms with E-state index in [-0.39, 0.29) is 12.1 Å². The molecule has 0 aliphatic carbocycles. The molecule has 0 bridgehead atoms. The van der Waals surface area contributed by atoms with Gasteiger partial charge in [-0.2, -0.15) is 5.10 Å². The van der Waals surface area contributed by atoms with E-state index in [2.05, 4.69) is 37.5 Å². The molecule has 3 aromatic rings. The Morgan fingerprint density at radius 1 is 1.23 bits per heavy atom. The molecule has 0 radical (unpaired) electrons. The maximum atomic E-state index is 12.1. The minimum absolute atomic E-state index is 0.0937. The maximum Gasteiger partial charge on any atom is 0.319 e. The van der Waals surface area contributed by atoms with Gasteiger partial charge in [-0.25, -0.2) is 14.8 Å². The van der Waals surface area contributed by atoms with Crippen LogP contribution in [0, 0.1) is 11.8 Å². The van der Waals surface area contributed by atoms with Gasteiger partial charge in [-0.1, -0.05) is 18.1 Å². The molecule has 2 heterocycles. The monoisotopic (exact) mass is 346 g/mol. The van der Waals surface area contributed by atoms with E-state index in [1.54, 1.807) is 17.2 Å². The lowest BCUT2D eigenvalue weighted by Crippen LogP contribution is -2.38. The summed E-state index contributed by atoms with van der Waals surface area (Å²) in [5.41, 5.74) is 2.16. The zero-order chi connectivity index (χ0) is 18.2. The molecular formula is C19H18N6O. The fourth-order valence-electron chi connectivity index (χ4n) is 2.29. The van der Waals surface area contributed by atoms with Crippen LogP contribution in [0.4, 0.5) is 10.5 Å². The lowest BCUT2D eigenvalue weighted by Gasteiger charge is -2.14. The van der Waals surface area contributed by atoms with E-state index in [9.17, 15) is 4.79 Å². The van der Waals surface area contributed by atoms with E-state index in [4.69, 9.17) is 0 Å². The second kappa shape index (κ2) is 8.44. The van der Waals surface area contributed by atoms with Crippen molar-refractivity contribution in [3.8, 4) is 11.8 Å². The predicted molar refractivity (Wildman–Crippen MR) is 98.3 cm³/mol. The molecular weight excluding hydrogens is 328 g/mol. The van der Waals surface area contributed by atoms with E-state index < -0.39 is 0 Å². The molecule has 0 spiro atoms. The minimum atomic E-state index is -0.285. The number of amides is 2. The second-order valence-corrected chi connectivity index (χ2v) is 5.66. The summed E-state index contributed by atoms with van der Waals surface area (Å²) >= 11 is 0. The Kier molecular flexibility index (Phi) is 5.58. The summed E-state index contributed by atoms with van der Waals surface area (Å²) in [7, 11) is 0. The summed E-state index contributed by atoms with van der Waals surface area (Å²) in [6.07, 6.45) is 4.77. The topological polar surface area (TPSA) is 84.7 Å². The lowest BCUT2D eigenvalue weighted by molar-refractivity contribution is 0.247. The van der Waals surface area contributed by atoms with Crippen molar-refractivity contribution in [2.75, 3.05) is 5.32 Å². The number of carbonyl (C=O) groups is 1. The third-order valence-corrected chi connectivity index (χ3v) is 3.43. The number of anilines is 1. The first-order chi connectivity index (χ1) is 12.7. The van der Waals surface area contributed by atoms with Crippen molar-refractivity contribution in [1.29, 1.82) is 0 Å². The van der Waals surface area contributed by atoms with E-state index in [1.807, 2.05) is 49.4 Å². The molecule has 26 heavy (non-hydrogen) atoms. The van der Waals surface area contributed by atoms with E-state index >= 15 is 0 Å². The SMILES string of the molecule is C[C@H](Cn1cncn1)NC(=O)Nc1cccc(C#Cc2ccccn2)c1. The van der Waals surface area contributed by atoms with Crippen molar-refractivity contribution in [2.24, 2.45) is 0 Å². The Morgan fingerprint density at radius 3 is 2.92 bits per heavy atom. The molecule has 7 nitrogen and oxygen atoms in total. The van der Waals surface area contributed by atoms with Crippen molar-refractivity contribution < 1.29 is 4.79 Å². The number of rotatable bonds is 4. The number of pyridine rings is 1. The summed E-state index contributed by atoms with van der Waals surface area (Å²) in [4.78, 5) is 20.2. The van der Waals surface area contributed by atoms with Crippen LogP contribution in [0.1, 0.15) is 18.2 Å². The van der Waals surface area contributed by atoms with Gasteiger partial charge in [0.15, 0.2) is 0 Å². The number of nitrogens with zero attached hydrogens (tertiary/aromatic N) is 4. The molecule has 3 rings (SSSR count). The fourth-order valence-corrected chi connectivity index (χ4v) is 2.29. The third-order valence-electron chi connectivity index (χ3n) is 3.43. The van der Waals surface area contributed by atoms with Gasteiger partial charge in [-0.3, -0.25) is 4.68 Å². The van der Waals surface area contributed by atoms with Gasteiger partial charge in [0.25, 0.3) is 0 Å². The lowest BCUT2D eigenvalue weighted by atomic mass is 10.2. The van der Waals surface area contributed by atoms with Crippen molar-refractivity contribution in [3.05, 3.63) is 72.6 Å². The van der Waals surface area contributed by atoms with Crippen molar-refractivity contribution in [1.82, 2.24) is 25.1 Å². The van der Waals surface area contributed by atoms with Crippen LogP contribution in [-0.4, -0.2) is 31.8 Å². The third kappa shape index (κ3) is 5.18. The van der Waals surface area contributed by atoms with Crippen LogP contribution in [0.2, 0.25) is 0 Å². The molecule has 0 saturated heterocycles. The van der Waals surface area contributed by atoms with Crippen molar-refractivity contribution >= 4 is 11.7 Å². The molecule has 0 aliphatic rings. The quantitative estimate of drug-likeness (QED) is 0.710. The van der Waals surface area contributed by atoms with Gasteiger partial charge in [0.1, 0.15) is 18.3 Å². The predicted octanol–water partition coefficient (Wildman–Crippen LogP) is 2.28. The van der Waals surface area contributed by atoms with E-state index in [0.29, 0.717) is 17.9 Å². The Hall–Kier alpha value is -3.66. The Balaban J connectivity index is 1.58. The van der Waals surface area contributed by atoms with Gasteiger partial charge in [0, 0.05) is 23.5 Å². The van der Waals surface area contributed by atoms with Crippen molar-refractivity contribution in [2.45, 2.75) is 19.5 Å². The summed E-state index contributed by atoms with van der Waals surface area (Å²) in [6.45, 7) is 2.44. The van der Waals surface area contributed by atoms with Gasteiger partial charge in [0.05, 0.1) is 6.54 Å². The largest absolute Gasteiger partial charge is 0.334 e. The number of urea groups is 1. The number of benzene rings is 1. The number of nitrogens with one attached hydrogen (secondary N) is 2. The first-order valence-corrected chi connectivity index (χ1v) is 8.12. The molecule has 0 aliphatic heterocycles. The van der Waals surface area contributed by atoms with Crippen LogP contribution >= 0.6 is 0 Å². The van der Waals surface area contributed by atoms with Gasteiger partial charge in [-0.15, -0.1) is 0 Å². The number of hydrogen-bond donors (Lipinski definition) is 2. The summed E-state index contributed by atoms with van der Waals surface area (Å²) < 4.78 is 1.67. The number of aromatic nitrogens is 4. The van der Waals surface area contributed by atoms with Gasteiger partial charge in [0.2, 0.25) is 0 Å². The maximum absolute atomic E-state index is 12.1. The molecule has 2 N–H and O–H groups in total. The van der Waals surface area contributed by atoms with E-state index in [0.717, 1.165) is 5.56 Å². The van der Waals surface area contributed by atoms with Crippen LogP contribution in [0.15, 0.2) is 61.3 Å². The number of hydrogen-bond acceptors (Lipinski definition) is 4. The zero-order valence-corrected chi connectivity index (χ0v) is 14.3. The highest BCUT2D eigenvalue weighted by Gasteiger charge is 2.08. The Bertz CT molecular complexity index is 912. The zero-order valence-electron chi connectivity index (χ0n) is 14.3. The molecule has 0 fully saturated rings. The van der Waals surface area contributed by atoms with E-state index in [1.165, 1.54) is 6.33 Å². The minimum Gasteiger partial charge on any atom is -0.334 e. The highest BCUT2D eigenvalue weighted by molar-refractivity contribution is 5.89. The van der Waals surface area contributed by atoms with Crippen LogP contribution in [0.25, 0.3) is 0 Å². The standard InChI is InChI=1S/C19H18N6O/c1-15(12-25-14-20-13-22-25)23-19(26)24-18-7-4-5-16(11-18)8-9-17-6-2-3-10-21-17/h2-7,10-11,13-15H,12H2,1H3,(H2,23,24,26)/t15-/m1/s1. The van der Waals surface area contributed by atoms with Gasteiger partial charge in [-0.05, 0) is 43.2 Å². The average Bonchev–Trinajstić information content (AvgIpc) is 3.14. The molecule has 1 aromatic carbocycles. The molecule has 0 saturated carbocycles. The fraction of sp³-hybridized carbons (Fsp3) is 0.158. The molecule has 2 aromatic heterocycles. The highest BCUT2D eigenvalue weighted by atomic mass is 16.2. The van der Waals surface area contributed by atoms with Crippen LogP contribution < -0.4 is 10.6 Å². The average molecular weight is 346 g/mol. The normalized spacial score (nSPS) is 11.1. The summed E-state index contributed by atoms with van der Waals surface area (Å²) in [5.74, 6) is 6.04.